The standard InChI is InChI=1S/C12H15N3S2/c1-2-11(17-4-1)12-9(7-14-15-12)6-13-10-3-5-16-8-10/h1-2,4,7,10,13H,3,5-6,8H2,(H,14,15). The molecule has 17 heavy (non-hydrogen) atoms. The van der Waals surface area contributed by atoms with Crippen molar-refractivity contribution < 1.29 is 0 Å². The Bertz CT molecular complexity index is 458. The fourth-order valence-electron chi connectivity index (χ4n) is 2.03. The van der Waals surface area contributed by atoms with Crippen LogP contribution in [0, 0.1) is 0 Å². The average molecular weight is 265 g/mol. The van der Waals surface area contributed by atoms with Crippen LogP contribution >= 0.6 is 23.1 Å². The first-order valence-electron chi connectivity index (χ1n) is 5.81. The smallest absolute Gasteiger partial charge is 0.0794 e. The Labute approximate surface area is 109 Å². The summed E-state index contributed by atoms with van der Waals surface area (Å²) >= 11 is 3.79. The van der Waals surface area contributed by atoms with Crippen molar-refractivity contribution in [3.05, 3.63) is 29.3 Å². The number of H-pyrrole nitrogens is 1. The molecule has 0 spiro atoms. The number of nitrogens with one attached hydrogen (secondary N) is 2. The Balaban J connectivity index is 1.69. The van der Waals surface area contributed by atoms with Gasteiger partial charge in [0.15, 0.2) is 0 Å². The van der Waals surface area contributed by atoms with Crippen LogP contribution < -0.4 is 5.32 Å². The van der Waals surface area contributed by atoms with Crippen molar-refractivity contribution in [3.8, 4) is 10.6 Å². The normalized spacial score (nSPS) is 19.9. The number of thioether (sulfide) groups is 1. The van der Waals surface area contributed by atoms with Crippen molar-refractivity contribution in [2.45, 2.75) is 19.0 Å². The highest BCUT2D eigenvalue weighted by molar-refractivity contribution is 7.99. The summed E-state index contributed by atoms with van der Waals surface area (Å²) in [5, 5.41) is 13.0. The molecule has 5 heteroatoms. The molecular formula is C12H15N3S2. The van der Waals surface area contributed by atoms with Gasteiger partial charge in [-0.3, -0.25) is 5.10 Å². The van der Waals surface area contributed by atoms with Crippen LogP contribution in [0.25, 0.3) is 10.6 Å². The van der Waals surface area contributed by atoms with E-state index in [9.17, 15) is 0 Å². The first-order valence-corrected chi connectivity index (χ1v) is 7.84. The van der Waals surface area contributed by atoms with Gasteiger partial charge in [0.05, 0.1) is 16.8 Å². The third-order valence-corrected chi connectivity index (χ3v) is 5.05. The number of aromatic amines is 1. The maximum atomic E-state index is 4.16. The van der Waals surface area contributed by atoms with Crippen LogP contribution in [0.5, 0.6) is 0 Å². The van der Waals surface area contributed by atoms with Gasteiger partial charge in [-0.15, -0.1) is 11.3 Å². The molecule has 0 radical (unpaired) electrons. The van der Waals surface area contributed by atoms with E-state index in [1.165, 1.54) is 28.4 Å². The molecule has 3 heterocycles. The molecule has 1 atom stereocenters. The molecule has 2 aromatic heterocycles. The van der Waals surface area contributed by atoms with Crippen LogP contribution in [0.1, 0.15) is 12.0 Å². The highest BCUT2D eigenvalue weighted by atomic mass is 32.2. The predicted molar refractivity (Wildman–Crippen MR) is 74.5 cm³/mol. The fraction of sp³-hybridized carbons (Fsp3) is 0.417. The fourth-order valence-corrected chi connectivity index (χ4v) is 3.97. The van der Waals surface area contributed by atoms with Gasteiger partial charge in [-0.05, 0) is 23.6 Å². The Hall–Kier alpha value is -0.780. The Morgan fingerprint density at radius 3 is 3.29 bits per heavy atom. The molecule has 2 N–H and O–H groups in total. The molecule has 0 aliphatic carbocycles. The molecular weight excluding hydrogens is 250 g/mol. The van der Waals surface area contributed by atoms with Crippen LogP contribution in [0.4, 0.5) is 0 Å². The summed E-state index contributed by atoms with van der Waals surface area (Å²) in [6.45, 7) is 0.912. The summed E-state index contributed by atoms with van der Waals surface area (Å²) < 4.78 is 0. The van der Waals surface area contributed by atoms with Gasteiger partial charge >= 0.3 is 0 Å². The van der Waals surface area contributed by atoms with Crippen LogP contribution in [0.15, 0.2) is 23.7 Å². The first kappa shape index (κ1) is 11.3. The molecule has 0 aromatic carbocycles. The Kier molecular flexibility index (Phi) is 3.49. The SMILES string of the molecule is c1csc(-c2[nH]ncc2CNC2CCSC2)c1. The summed E-state index contributed by atoms with van der Waals surface area (Å²) in [5.74, 6) is 2.53. The topological polar surface area (TPSA) is 40.7 Å². The number of thiophene rings is 1. The second kappa shape index (κ2) is 5.25. The zero-order valence-corrected chi connectivity index (χ0v) is 11.1. The lowest BCUT2D eigenvalue weighted by atomic mass is 10.2. The summed E-state index contributed by atoms with van der Waals surface area (Å²) in [6, 6.07) is 4.88. The van der Waals surface area contributed by atoms with Gasteiger partial charge in [0.2, 0.25) is 0 Å². The zero-order chi connectivity index (χ0) is 11.5. The quantitative estimate of drug-likeness (QED) is 0.893. The predicted octanol–water partition coefficient (Wildman–Crippen LogP) is 2.73. The number of nitrogens with zero attached hydrogens (tertiary/aromatic N) is 1. The third kappa shape index (κ3) is 2.56. The minimum atomic E-state index is 0.672. The van der Waals surface area contributed by atoms with Crippen molar-refractivity contribution in [3.63, 3.8) is 0 Å². The molecule has 0 amide bonds. The minimum absolute atomic E-state index is 0.672. The van der Waals surface area contributed by atoms with E-state index >= 15 is 0 Å². The van der Waals surface area contributed by atoms with Crippen molar-refractivity contribution in [1.82, 2.24) is 15.5 Å². The molecule has 1 aliphatic heterocycles. The van der Waals surface area contributed by atoms with Crippen LogP contribution in [0.3, 0.4) is 0 Å². The van der Waals surface area contributed by atoms with Gasteiger partial charge in [-0.25, -0.2) is 0 Å². The second-order valence-corrected chi connectivity index (χ2v) is 6.29. The molecule has 0 saturated carbocycles. The average Bonchev–Trinajstić information content (AvgIpc) is 3.09. The number of aromatic nitrogens is 2. The van der Waals surface area contributed by atoms with E-state index < -0.39 is 0 Å². The van der Waals surface area contributed by atoms with Crippen LogP contribution in [-0.2, 0) is 6.54 Å². The molecule has 3 nitrogen and oxygen atoms in total. The van der Waals surface area contributed by atoms with Gasteiger partial charge in [-0.2, -0.15) is 16.9 Å². The summed E-state index contributed by atoms with van der Waals surface area (Å²) in [4.78, 5) is 1.26. The van der Waals surface area contributed by atoms with E-state index in [4.69, 9.17) is 0 Å². The molecule has 1 aliphatic rings. The number of hydrogen-bond donors (Lipinski definition) is 2. The van der Waals surface area contributed by atoms with Gasteiger partial charge in [0.1, 0.15) is 0 Å². The van der Waals surface area contributed by atoms with Crippen molar-refractivity contribution in [2.24, 2.45) is 0 Å². The first-order chi connectivity index (χ1) is 8.43. The molecule has 2 aromatic rings. The van der Waals surface area contributed by atoms with E-state index in [1.807, 2.05) is 18.0 Å². The lowest BCUT2D eigenvalue weighted by molar-refractivity contribution is 0.558. The maximum absolute atomic E-state index is 4.16. The van der Waals surface area contributed by atoms with Crippen LogP contribution in [-0.4, -0.2) is 27.7 Å². The lowest BCUT2D eigenvalue weighted by Gasteiger charge is -2.10. The molecule has 3 rings (SSSR count). The molecule has 1 fully saturated rings. The Morgan fingerprint density at radius 1 is 1.53 bits per heavy atom. The summed E-state index contributed by atoms with van der Waals surface area (Å²) in [6.07, 6.45) is 3.22. The highest BCUT2D eigenvalue weighted by Gasteiger charge is 2.16. The van der Waals surface area contributed by atoms with Gasteiger partial charge < -0.3 is 5.32 Å². The van der Waals surface area contributed by atoms with Crippen LogP contribution in [0.2, 0.25) is 0 Å². The third-order valence-electron chi connectivity index (χ3n) is 3.00. The van der Waals surface area contributed by atoms with Crippen molar-refractivity contribution in [1.29, 1.82) is 0 Å². The molecule has 1 saturated heterocycles. The highest BCUT2D eigenvalue weighted by Crippen LogP contribution is 2.26. The molecule has 1 unspecified atom stereocenters. The number of rotatable bonds is 4. The summed E-state index contributed by atoms with van der Waals surface area (Å²) in [7, 11) is 0. The second-order valence-electron chi connectivity index (χ2n) is 4.19. The van der Waals surface area contributed by atoms with Gasteiger partial charge in [0, 0.05) is 23.9 Å². The summed E-state index contributed by atoms with van der Waals surface area (Å²) in [5.41, 5.74) is 2.43. The lowest BCUT2D eigenvalue weighted by Crippen LogP contribution is -2.27. The van der Waals surface area contributed by atoms with E-state index in [-0.39, 0.29) is 0 Å². The zero-order valence-electron chi connectivity index (χ0n) is 9.48. The molecule has 0 bridgehead atoms. The van der Waals surface area contributed by atoms with Crippen molar-refractivity contribution in [2.75, 3.05) is 11.5 Å². The minimum Gasteiger partial charge on any atom is -0.309 e. The van der Waals surface area contributed by atoms with E-state index in [0.29, 0.717) is 6.04 Å². The maximum Gasteiger partial charge on any atom is 0.0794 e. The molecule has 90 valence electrons. The van der Waals surface area contributed by atoms with Gasteiger partial charge in [0.25, 0.3) is 0 Å². The number of hydrogen-bond acceptors (Lipinski definition) is 4. The van der Waals surface area contributed by atoms with Gasteiger partial charge in [-0.1, -0.05) is 6.07 Å². The monoisotopic (exact) mass is 265 g/mol. The Morgan fingerprint density at radius 2 is 2.53 bits per heavy atom. The van der Waals surface area contributed by atoms with E-state index in [1.54, 1.807) is 11.3 Å². The van der Waals surface area contributed by atoms with E-state index in [0.717, 1.165) is 12.2 Å². The van der Waals surface area contributed by atoms with Crippen molar-refractivity contribution >= 4 is 23.1 Å². The largest absolute Gasteiger partial charge is 0.309 e. The van der Waals surface area contributed by atoms with E-state index in [2.05, 4.69) is 33.0 Å².